The van der Waals surface area contributed by atoms with Crippen LogP contribution in [0.1, 0.15) is 5.56 Å². The molecule has 2 rings (SSSR count). The molecule has 0 radical (unpaired) electrons. The molecule has 1 atom stereocenters. The molecule has 2 aromatic carbocycles. The lowest BCUT2D eigenvalue weighted by Gasteiger charge is -2.13. The van der Waals surface area contributed by atoms with Crippen molar-refractivity contribution >= 4 is 27.5 Å². The van der Waals surface area contributed by atoms with Crippen molar-refractivity contribution in [3.05, 3.63) is 63.3 Å². The summed E-state index contributed by atoms with van der Waals surface area (Å²) in [6.45, 7) is 0.114. The molecule has 0 bridgehead atoms. The normalized spacial score (nSPS) is 12.2. The van der Waals surface area contributed by atoms with E-state index in [0.29, 0.717) is 22.8 Å². The highest BCUT2D eigenvalue weighted by atomic mass is 79.9. The van der Waals surface area contributed by atoms with Gasteiger partial charge in [0.15, 0.2) is 0 Å². The summed E-state index contributed by atoms with van der Waals surface area (Å²) >= 11 is 9.17. The first-order valence-corrected chi connectivity index (χ1v) is 7.22. The summed E-state index contributed by atoms with van der Waals surface area (Å²) in [6, 6.07) is 11.3. The largest absolute Gasteiger partial charge is 0.491 e. The standard InChI is InChI=1S/C15H13BrClFO2/c16-15-5-4-12(18)6-10(15)7-13(19)9-20-14-3-1-2-11(17)8-14/h1-6,8,13,19H,7,9H2. The number of aliphatic hydroxyl groups excluding tert-OH is 1. The molecular weight excluding hydrogens is 347 g/mol. The molecule has 0 saturated heterocycles. The molecule has 0 aliphatic carbocycles. The highest BCUT2D eigenvalue weighted by Crippen LogP contribution is 2.20. The lowest BCUT2D eigenvalue weighted by atomic mass is 10.1. The first-order chi connectivity index (χ1) is 9.54. The van der Waals surface area contributed by atoms with Crippen molar-refractivity contribution in [2.75, 3.05) is 6.61 Å². The van der Waals surface area contributed by atoms with Crippen molar-refractivity contribution in [2.45, 2.75) is 12.5 Å². The zero-order valence-corrected chi connectivity index (χ0v) is 12.9. The van der Waals surface area contributed by atoms with Crippen LogP contribution in [0.5, 0.6) is 5.75 Å². The first-order valence-electron chi connectivity index (χ1n) is 6.05. The number of benzene rings is 2. The summed E-state index contributed by atoms with van der Waals surface area (Å²) in [7, 11) is 0. The fourth-order valence-corrected chi connectivity index (χ4v) is 2.35. The molecule has 0 spiro atoms. The van der Waals surface area contributed by atoms with Crippen LogP contribution in [0.25, 0.3) is 0 Å². The van der Waals surface area contributed by atoms with Crippen LogP contribution in [-0.2, 0) is 6.42 Å². The van der Waals surface area contributed by atoms with E-state index in [-0.39, 0.29) is 12.4 Å². The molecular formula is C15H13BrClFO2. The minimum atomic E-state index is -0.730. The van der Waals surface area contributed by atoms with Gasteiger partial charge in [-0.2, -0.15) is 0 Å². The maximum Gasteiger partial charge on any atom is 0.123 e. The van der Waals surface area contributed by atoms with Gasteiger partial charge in [-0.3, -0.25) is 0 Å². The van der Waals surface area contributed by atoms with Gasteiger partial charge in [0.25, 0.3) is 0 Å². The van der Waals surface area contributed by atoms with Gasteiger partial charge in [0.1, 0.15) is 18.2 Å². The fraction of sp³-hybridized carbons (Fsp3) is 0.200. The lowest BCUT2D eigenvalue weighted by Crippen LogP contribution is -2.20. The van der Waals surface area contributed by atoms with Crippen LogP contribution < -0.4 is 4.74 Å². The minimum Gasteiger partial charge on any atom is -0.491 e. The second-order valence-corrected chi connectivity index (χ2v) is 5.65. The van der Waals surface area contributed by atoms with Crippen LogP contribution in [0.3, 0.4) is 0 Å². The van der Waals surface area contributed by atoms with Crippen LogP contribution in [-0.4, -0.2) is 17.8 Å². The van der Waals surface area contributed by atoms with E-state index in [4.69, 9.17) is 16.3 Å². The van der Waals surface area contributed by atoms with Gasteiger partial charge < -0.3 is 9.84 Å². The summed E-state index contributed by atoms with van der Waals surface area (Å²) in [6.07, 6.45) is -0.425. The average molecular weight is 360 g/mol. The Morgan fingerprint density at radius 2 is 2.05 bits per heavy atom. The molecule has 0 saturated carbocycles. The molecule has 106 valence electrons. The number of halogens is 3. The van der Waals surface area contributed by atoms with E-state index < -0.39 is 6.10 Å². The second-order valence-electron chi connectivity index (χ2n) is 4.36. The predicted molar refractivity (Wildman–Crippen MR) is 80.8 cm³/mol. The molecule has 20 heavy (non-hydrogen) atoms. The number of aliphatic hydroxyl groups is 1. The fourth-order valence-electron chi connectivity index (χ4n) is 1.76. The molecule has 2 nitrogen and oxygen atoms in total. The number of rotatable bonds is 5. The molecule has 1 unspecified atom stereocenters. The van der Waals surface area contributed by atoms with Gasteiger partial charge >= 0.3 is 0 Å². The summed E-state index contributed by atoms with van der Waals surface area (Å²) in [4.78, 5) is 0. The first kappa shape index (κ1) is 15.3. The summed E-state index contributed by atoms with van der Waals surface area (Å²) in [5.74, 6) is 0.265. The van der Waals surface area contributed by atoms with Crippen molar-refractivity contribution in [3.8, 4) is 5.75 Å². The summed E-state index contributed by atoms with van der Waals surface area (Å²) in [5.41, 5.74) is 0.701. The van der Waals surface area contributed by atoms with Gasteiger partial charge in [-0.1, -0.05) is 33.6 Å². The van der Waals surface area contributed by atoms with Crippen LogP contribution in [0, 0.1) is 5.82 Å². The molecule has 0 heterocycles. The van der Waals surface area contributed by atoms with Gasteiger partial charge in [-0.15, -0.1) is 0 Å². The van der Waals surface area contributed by atoms with Crippen molar-refractivity contribution < 1.29 is 14.2 Å². The SMILES string of the molecule is OC(COc1cccc(Cl)c1)Cc1cc(F)ccc1Br. The lowest BCUT2D eigenvalue weighted by molar-refractivity contribution is 0.107. The Balaban J connectivity index is 1.92. The van der Waals surface area contributed by atoms with Gasteiger partial charge in [0, 0.05) is 15.9 Å². The molecule has 0 aliphatic rings. The van der Waals surface area contributed by atoms with Crippen LogP contribution >= 0.6 is 27.5 Å². The van der Waals surface area contributed by atoms with Crippen LogP contribution in [0.4, 0.5) is 4.39 Å². The van der Waals surface area contributed by atoms with E-state index >= 15 is 0 Å². The number of hydrogen-bond donors (Lipinski definition) is 1. The Labute approximate surface area is 130 Å². The summed E-state index contributed by atoms with van der Waals surface area (Å²) < 4.78 is 19.4. The monoisotopic (exact) mass is 358 g/mol. The van der Waals surface area contributed by atoms with E-state index in [1.165, 1.54) is 12.1 Å². The smallest absolute Gasteiger partial charge is 0.123 e. The maximum absolute atomic E-state index is 13.1. The van der Waals surface area contributed by atoms with Crippen molar-refractivity contribution in [1.82, 2.24) is 0 Å². The van der Waals surface area contributed by atoms with E-state index in [2.05, 4.69) is 15.9 Å². The Kier molecular flexibility index (Phi) is 5.40. The van der Waals surface area contributed by atoms with Gasteiger partial charge in [0.2, 0.25) is 0 Å². The quantitative estimate of drug-likeness (QED) is 0.866. The average Bonchev–Trinajstić information content (AvgIpc) is 2.41. The van der Waals surface area contributed by atoms with Crippen LogP contribution in [0.15, 0.2) is 46.9 Å². The molecule has 0 aliphatic heterocycles. The molecule has 2 aromatic rings. The Morgan fingerprint density at radius 1 is 1.25 bits per heavy atom. The third kappa shape index (κ3) is 4.47. The number of hydrogen-bond acceptors (Lipinski definition) is 2. The zero-order chi connectivity index (χ0) is 14.5. The zero-order valence-electron chi connectivity index (χ0n) is 10.5. The Bertz CT molecular complexity index is 592. The van der Waals surface area contributed by atoms with Gasteiger partial charge in [-0.05, 0) is 42.0 Å². The van der Waals surface area contributed by atoms with Crippen molar-refractivity contribution in [1.29, 1.82) is 0 Å². The highest BCUT2D eigenvalue weighted by molar-refractivity contribution is 9.10. The third-order valence-electron chi connectivity index (χ3n) is 2.70. The molecule has 0 amide bonds. The Hall–Kier alpha value is -1.10. The van der Waals surface area contributed by atoms with Gasteiger partial charge in [0.05, 0.1) is 6.10 Å². The molecule has 0 fully saturated rings. The highest BCUT2D eigenvalue weighted by Gasteiger charge is 2.10. The van der Waals surface area contributed by atoms with E-state index in [0.717, 1.165) is 4.47 Å². The van der Waals surface area contributed by atoms with Crippen molar-refractivity contribution in [2.24, 2.45) is 0 Å². The predicted octanol–water partition coefficient (Wildman–Crippen LogP) is 4.22. The minimum absolute atomic E-state index is 0.114. The second kappa shape index (κ2) is 7.07. The molecule has 1 N–H and O–H groups in total. The van der Waals surface area contributed by atoms with Crippen LogP contribution in [0.2, 0.25) is 5.02 Å². The Morgan fingerprint density at radius 3 is 2.80 bits per heavy atom. The number of ether oxygens (including phenoxy) is 1. The van der Waals surface area contributed by atoms with E-state index in [1.54, 1.807) is 30.3 Å². The van der Waals surface area contributed by atoms with Crippen molar-refractivity contribution in [3.63, 3.8) is 0 Å². The molecule has 0 aromatic heterocycles. The van der Waals surface area contributed by atoms with E-state index in [9.17, 15) is 9.50 Å². The topological polar surface area (TPSA) is 29.5 Å². The van der Waals surface area contributed by atoms with E-state index in [1.807, 2.05) is 0 Å². The third-order valence-corrected chi connectivity index (χ3v) is 3.71. The maximum atomic E-state index is 13.1. The summed E-state index contributed by atoms with van der Waals surface area (Å²) in [5, 5.41) is 10.5. The van der Waals surface area contributed by atoms with Gasteiger partial charge in [-0.25, -0.2) is 4.39 Å². The molecule has 5 heteroatoms.